The van der Waals surface area contributed by atoms with Gasteiger partial charge in [-0.15, -0.1) is 0 Å². The lowest BCUT2D eigenvalue weighted by Gasteiger charge is -2.26. The molecule has 0 radical (unpaired) electrons. The van der Waals surface area contributed by atoms with Crippen molar-refractivity contribution in [2.45, 2.75) is 24.8 Å². The Hall–Kier alpha value is -4.50. The molecule has 41 heavy (non-hydrogen) atoms. The van der Waals surface area contributed by atoms with Gasteiger partial charge >= 0.3 is 0 Å². The molecule has 9 heteroatoms. The van der Waals surface area contributed by atoms with Crippen molar-refractivity contribution in [1.82, 2.24) is 5.32 Å². The third-order valence-corrected chi connectivity index (χ3v) is 8.28. The zero-order chi connectivity index (χ0) is 29.4. The van der Waals surface area contributed by atoms with E-state index in [4.69, 9.17) is 14.2 Å². The fourth-order valence-corrected chi connectivity index (χ4v) is 5.83. The standard InChI is InChI=1S/C32H34N2O6S/c1-5-40-27-17-15-26(16-18-27)34(41(36,37)28-19-20-29(38-3)30(21-28)39-4)22-31(35)33-32(24-9-7-6-8-10-24)25-13-11-23(2)12-14-25/h6-21,32H,5,22H2,1-4H3,(H,33,35). The summed E-state index contributed by atoms with van der Waals surface area (Å²) in [6.45, 7) is 3.87. The van der Waals surface area contributed by atoms with Gasteiger partial charge in [-0.05, 0) is 61.4 Å². The number of rotatable bonds is 12. The first-order chi connectivity index (χ1) is 19.8. The number of nitrogens with one attached hydrogen (secondary N) is 1. The fraction of sp³-hybridized carbons (Fsp3) is 0.219. The Labute approximate surface area is 241 Å². The molecule has 4 aromatic rings. The topological polar surface area (TPSA) is 94.2 Å². The molecule has 1 amide bonds. The molecular weight excluding hydrogens is 540 g/mol. The van der Waals surface area contributed by atoms with E-state index >= 15 is 0 Å². The summed E-state index contributed by atoms with van der Waals surface area (Å²) in [6, 6.07) is 27.9. The lowest BCUT2D eigenvalue weighted by Crippen LogP contribution is -2.42. The van der Waals surface area contributed by atoms with E-state index in [1.165, 1.54) is 32.4 Å². The molecule has 0 saturated carbocycles. The van der Waals surface area contributed by atoms with Gasteiger partial charge in [-0.1, -0.05) is 60.2 Å². The van der Waals surface area contributed by atoms with Crippen LogP contribution in [0.1, 0.15) is 29.7 Å². The molecule has 0 bridgehead atoms. The summed E-state index contributed by atoms with van der Waals surface area (Å²) < 4.78 is 45.3. The molecular formula is C32H34N2O6S. The van der Waals surface area contributed by atoms with Crippen molar-refractivity contribution in [3.05, 3.63) is 114 Å². The van der Waals surface area contributed by atoms with Crippen molar-refractivity contribution in [3.63, 3.8) is 0 Å². The molecule has 214 valence electrons. The van der Waals surface area contributed by atoms with Gasteiger partial charge in [-0.2, -0.15) is 0 Å². The van der Waals surface area contributed by atoms with Crippen molar-refractivity contribution in [2.75, 3.05) is 31.7 Å². The van der Waals surface area contributed by atoms with E-state index in [-0.39, 0.29) is 10.6 Å². The van der Waals surface area contributed by atoms with Crippen LogP contribution in [0.4, 0.5) is 5.69 Å². The minimum atomic E-state index is -4.21. The first-order valence-electron chi connectivity index (χ1n) is 13.1. The molecule has 0 saturated heterocycles. The van der Waals surface area contributed by atoms with E-state index < -0.39 is 28.5 Å². The maximum absolute atomic E-state index is 14.0. The van der Waals surface area contributed by atoms with Crippen molar-refractivity contribution in [3.8, 4) is 17.2 Å². The molecule has 1 N–H and O–H groups in total. The van der Waals surface area contributed by atoms with Gasteiger partial charge in [0, 0.05) is 6.07 Å². The lowest BCUT2D eigenvalue weighted by atomic mass is 9.98. The number of nitrogens with zero attached hydrogens (tertiary/aromatic N) is 1. The van der Waals surface area contributed by atoms with Crippen LogP contribution in [0, 0.1) is 6.92 Å². The summed E-state index contributed by atoms with van der Waals surface area (Å²) in [6.07, 6.45) is 0. The van der Waals surface area contributed by atoms with Crippen molar-refractivity contribution < 1.29 is 27.4 Å². The normalized spacial score (nSPS) is 11.8. The highest BCUT2D eigenvalue weighted by atomic mass is 32.2. The Morgan fingerprint density at radius 2 is 1.46 bits per heavy atom. The Kier molecular flexibility index (Phi) is 9.52. The first kappa shape index (κ1) is 29.5. The molecule has 8 nitrogen and oxygen atoms in total. The second-order valence-corrected chi connectivity index (χ2v) is 11.1. The van der Waals surface area contributed by atoms with Crippen molar-refractivity contribution in [1.29, 1.82) is 0 Å². The van der Waals surface area contributed by atoms with Gasteiger partial charge in [0.15, 0.2) is 11.5 Å². The number of aryl methyl sites for hydroxylation is 1. The summed E-state index contributed by atoms with van der Waals surface area (Å²) in [5.74, 6) is 0.763. The first-order valence-corrected chi connectivity index (χ1v) is 14.6. The van der Waals surface area contributed by atoms with Crippen LogP contribution in [-0.2, 0) is 14.8 Å². The second kappa shape index (κ2) is 13.2. The number of amides is 1. The molecule has 0 aliphatic heterocycles. The fourth-order valence-electron chi connectivity index (χ4n) is 4.40. The van der Waals surface area contributed by atoms with E-state index in [1.807, 2.05) is 68.4 Å². The number of sulfonamides is 1. The summed E-state index contributed by atoms with van der Waals surface area (Å²) >= 11 is 0. The van der Waals surface area contributed by atoms with Gasteiger partial charge in [-0.25, -0.2) is 8.42 Å². The SMILES string of the molecule is CCOc1ccc(N(CC(=O)NC(c2ccccc2)c2ccc(C)cc2)S(=O)(=O)c2ccc(OC)c(OC)c2)cc1. The van der Waals surface area contributed by atoms with E-state index in [0.29, 0.717) is 23.8 Å². The largest absolute Gasteiger partial charge is 0.494 e. The van der Waals surface area contributed by atoms with E-state index in [9.17, 15) is 13.2 Å². The van der Waals surface area contributed by atoms with Gasteiger partial charge in [-0.3, -0.25) is 9.10 Å². The molecule has 4 rings (SSSR count). The molecule has 0 aromatic heterocycles. The molecule has 0 fully saturated rings. The zero-order valence-corrected chi connectivity index (χ0v) is 24.4. The molecule has 0 spiro atoms. The number of methoxy groups -OCH3 is 2. The minimum absolute atomic E-state index is 0.0463. The number of carbonyl (C=O) groups excluding carboxylic acids is 1. The van der Waals surface area contributed by atoms with E-state index in [1.54, 1.807) is 24.3 Å². The summed E-state index contributed by atoms with van der Waals surface area (Å²) in [7, 11) is -1.30. The number of ether oxygens (including phenoxy) is 3. The van der Waals surface area contributed by atoms with Gasteiger partial charge in [0.25, 0.3) is 10.0 Å². The monoisotopic (exact) mass is 574 g/mol. The summed E-state index contributed by atoms with van der Waals surface area (Å²) in [5, 5.41) is 3.05. The highest BCUT2D eigenvalue weighted by Gasteiger charge is 2.29. The van der Waals surface area contributed by atoms with Crippen molar-refractivity contribution in [2.24, 2.45) is 0 Å². The van der Waals surface area contributed by atoms with Crippen LogP contribution in [0.2, 0.25) is 0 Å². The Morgan fingerprint density at radius 3 is 2.07 bits per heavy atom. The quantitative estimate of drug-likeness (QED) is 0.240. The third kappa shape index (κ3) is 6.99. The van der Waals surface area contributed by atoms with Gasteiger partial charge < -0.3 is 19.5 Å². The molecule has 4 aromatic carbocycles. The number of anilines is 1. The molecule has 0 aliphatic carbocycles. The molecule has 0 heterocycles. The van der Waals surface area contributed by atoms with Crippen LogP contribution in [0.25, 0.3) is 0 Å². The number of carbonyl (C=O) groups is 1. The van der Waals surface area contributed by atoms with Crippen molar-refractivity contribution >= 4 is 21.6 Å². The van der Waals surface area contributed by atoms with E-state index in [2.05, 4.69) is 5.32 Å². The Morgan fingerprint density at radius 1 is 0.829 bits per heavy atom. The smallest absolute Gasteiger partial charge is 0.264 e. The average Bonchev–Trinajstić information content (AvgIpc) is 3.00. The molecule has 1 unspecified atom stereocenters. The predicted molar refractivity (Wildman–Crippen MR) is 159 cm³/mol. The Bertz CT molecular complexity index is 1560. The zero-order valence-electron chi connectivity index (χ0n) is 23.5. The second-order valence-electron chi connectivity index (χ2n) is 9.28. The molecule has 0 aliphatic rings. The van der Waals surface area contributed by atoms with Gasteiger partial charge in [0.1, 0.15) is 12.3 Å². The van der Waals surface area contributed by atoms with Crippen LogP contribution in [0.5, 0.6) is 17.2 Å². The van der Waals surface area contributed by atoms with Gasteiger partial charge in [0.05, 0.1) is 37.5 Å². The number of hydrogen-bond acceptors (Lipinski definition) is 6. The molecule has 1 atom stereocenters. The predicted octanol–water partition coefficient (Wildman–Crippen LogP) is 5.51. The van der Waals surface area contributed by atoms with Crippen LogP contribution >= 0.6 is 0 Å². The maximum Gasteiger partial charge on any atom is 0.264 e. The Balaban J connectivity index is 1.71. The number of benzene rings is 4. The van der Waals surface area contributed by atoms with E-state index in [0.717, 1.165) is 21.0 Å². The van der Waals surface area contributed by atoms with Crippen LogP contribution < -0.4 is 23.8 Å². The summed E-state index contributed by atoms with van der Waals surface area (Å²) in [4.78, 5) is 13.6. The highest BCUT2D eigenvalue weighted by Crippen LogP contribution is 2.33. The minimum Gasteiger partial charge on any atom is -0.494 e. The third-order valence-electron chi connectivity index (χ3n) is 6.51. The summed E-state index contributed by atoms with van der Waals surface area (Å²) in [5.41, 5.74) is 3.16. The van der Waals surface area contributed by atoms with Gasteiger partial charge in [0.2, 0.25) is 5.91 Å². The highest BCUT2D eigenvalue weighted by molar-refractivity contribution is 7.92. The maximum atomic E-state index is 14.0. The van der Waals surface area contributed by atoms with Crippen LogP contribution in [-0.4, -0.2) is 41.7 Å². The number of hydrogen-bond donors (Lipinski definition) is 1. The van der Waals surface area contributed by atoms with Crippen LogP contribution in [0.15, 0.2) is 102 Å². The van der Waals surface area contributed by atoms with Crippen LogP contribution in [0.3, 0.4) is 0 Å². The average molecular weight is 575 g/mol. The lowest BCUT2D eigenvalue weighted by molar-refractivity contribution is -0.120.